The Morgan fingerprint density at radius 2 is 1.55 bits per heavy atom. The third-order valence-corrected chi connectivity index (χ3v) is 7.52. The molecule has 6 rings (SSSR count). The highest BCUT2D eigenvalue weighted by atomic mass is 19.1. The van der Waals surface area contributed by atoms with Crippen molar-refractivity contribution in [2.45, 2.75) is 32.6 Å². The molecule has 0 bridgehead atoms. The zero-order valence-corrected chi connectivity index (χ0v) is 19.1. The summed E-state index contributed by atoms with van der Waals surface area (Å²) in [5.74, 6) is 0.495. The molecule has 0 aliphatic heterocycles. The van der Waals surface area contributed by atoms with E-state index in [1.165, 1.54) is 43.8 Å². The number of hydrogen-bond donors (Lipinski definition) is 0. The first kappa shape index (κ1) is 20.2. The second kappa shape index (κ2) is 7.85. The maximum absolute atomic E-state index is 14.3. The minimum absolute atomic E-state index is 0.167. The van der Waals surface area contributed by atoms with E-state index in [0.29, 0.717) is 5.92 Å². The summed E-state index contributed by atoms with van der Waals surface area (Å²) in [4.78, 5) is 0. The van der Waals surface area contributed by atoms with Crippen molar-refractivity contribution in [2.75, 3.05) is 0 Å². The molecule has 2 atom stereocenters. The molecule has 0 nitrogen and oxygen atoms in total. The number of aryl methyl sites for hydroxylation is 1. The molecular weight excluding hydrogens is 403 g/mol. The van der Waals surface area contributed by atoms with Crippen LogP contribution in [0, 0.1) is 29.1 Å². The number of hydrogen-bond acceptors (Lipinski definition) is 0. The lowest BCUT2D eigenvalue weighted by atomic mass is 9.75. The summed E-state index contributed by atoms with van der Waals surface area (Å²) in [6.07, 6.45) is 4.51. The Balaban J connectivity index is 1.78. The Hall–Kier alpha value is -3.45. The third kappa shape index (κ3) is 3.26. The predicted molar refractivity (Wildman–Crippen MR) is 134 cm³/mol. The number of fused-ring (bicyclic) bond motifs is 4. The van der Waals surface area contributed by atoms with Gasteiger partial charge in [0.25, 0.3) is 0 Å². The summed E-state index contributed by atoms with van der Waals surface area (Å²) >= 11 is 0. The largest absolute Gasteiger partial charge is 0.207 e. The average molecular weight is 431 g/mol. The SMILES string of the molecule is Cc1ccccc1C1=c2ccc3c(c2CCC1C)C(c1ccccc1)C=c1ccc(F)cc1=3. The molecule has 0 saturated heterocycles. The van der Waals surface area contributed by atoms with Gasteiger partial charge in [0.15, 0.2) is 0 Å². The highest BCUT2D eigenvalue weighted by Crippen LogP contribution is 2.36. The molecule has 0 N–H and O–H groups in total. The minimum Gasteiger partial charge on any atom is -0.207 e. The van der Waals surface area contributed by atoms with Crippen LogP contribution in [0.5, 0.6) is 0 Å². The quantitative estimate of drug-likeness (QED) is 0.359. The average Bonchev–Trinajstić information content (AvgIpc) is 2.84. The fourth-order valence-corrected chi connectivity index (χ4v) is 5.93. The molecule has 0 amide bonds. The molecule has 2 aliphatic carbocycles. The molecule has 2 unspecified atom stereocenters. The maximum Gasteiger partial charge on any atom is 0.123 e. The van der Waals surface area contributed by atoms with Crippen LogP contribution < -0.4 is 10.4 Å². The smallest absolute Gasteiger partial charge is 0.123 e. The number of benzene rings is 4. The Bertz CT molecular complexity index is 1600. The van der Waals surface area contributed by atoms with Gasteiger partial charge in [0, 0.05) is 5.92 Å². The zero-order chi connectivity index (χ0) is 22.5. The molecule has 33 heavy (non-hydrogen) atoms. The van der Waals surface area contributed by atoms with Crippen molar-refractivity contribution in [3.63, 3.8) is 0 Å². The van der Waals surface area contributed by atoms with Crippen LogP contribution in [0.1, 0.15) is 47.1 Å². The van der Waals surface area contributed by atoms with Crippen LogP contribution in [0.2, 0.25) is 0 Å². The van der Waals surface area contributed by atoms with Crippen LogP contribution in [0.25, 0.3) is 11.6 Å². The molecule has 2 aliphatic rings. The van der Waals surface area contributed by atoms with Gasteiger partial charge >= 0.3 is 0 Å². The summed E-state index contributed by atoms with van der Waals surface area (Å²) in [6, 6.07) is 29.2. The van der Waals surface area contributed by atoms with Crippen LogP contribution in [0.15, 0.2) is 84.9 Å². The fourth-order valence-electron chi connectivity index (χ4n) is 5.93. The Morgan fingerprint density at radius 3 is 2.36 bits per heavy atom. The first-order chi connectivity index (χ1) is 16.1. The zero-order valence-electron chi connectivity index (χ0n) is 19.1. The van der Waals surface area contributed by atoms with Gasteiger partial charge in [0.1, 0.15) is 5.82 Å². The Kier molecular flexibility index (Phi) is 4.80. The Morgan fingerprint density at radius 1 is 0.788 bits per heavy atom. The first-order valence-corrected chi connectivity index (χ1v) is 11.9. The molecule has 0 spiro atoms. The summed E-state index contributed by atoms with van der Waals surface area (Å²) in [6.45, 7) is 4.57. The van der Waals surface area contributed by atoms with Crippen LogP contribution in [0.3, 0.4) is 0 Å². The monoisotopic (exact) mass is 430 g/mol. The van der Waals surface area contributed by atoms with Crippen molar-refractivity contribution >= 4 is 11.6 Å². The first-order valence-electron chi connectivity index (χ1n) is 11.9. The van der Waals surface area contributed by atoms with Gasteiger partial charge in [-0.25, -0.2) is 4.39 Å². The predicted octanol–water partition coefficient (Wildman–Crippen LogP) is 6.13. The molecular formula is C32H27F. The van der Waals surface area contributed by atoms with E-state index in [4.69, 9.17) is 0 Å². The lowest BCUT2D eigenvalue weighted by Crippen LogP contribution is -2.28. The van der Waals surface area contributed by atoms with Gasteiger partial charge in [-0.3, -0.25) is 0 Å². The van der Waals surface area contributed by atoms with Gasteiger partial charge in [0.2, 0.25) is 0 Å². The van der Waals surface area contributed by atoms with Crippen LogP contribution in [0.4, 0.5) is 4.39 Å². The summed E-state index contributed by atoms with van der Waals surface area (Å²) in [5.41, 5.74) is 8.21. The van der Waals surface area contributed by atoms with Gasteiger partial charge in [-0.1, -0.05) is 85.8 Å². The minimum atomic E-state index is -0.176. The number of halogens is 1. The summed E-state index contributed by atoms with van der Waals surface area (Å²) in [5, 5.41) is 4.68. The molecule has 0 fully saturated rings. The molecule has 0 radical (unpaired) electrons. The topological polar surface area (TPSA) is 0 Å². The van der Waals surface area contributed by atoms with Crippen LogP contribution in [-0.4, -0.2) is 0 Å². The van der Waals surface area contributed by atoms with E-state index in [1.807, 2.05) is 6.07 Å². The molecule has 0 saturated carbocycles. The van der Waals surface area contributed by atoms with Crippen molar-refractivity contribution in [3.05, 3.63) is 139 Å². The van der Waals surface area contributed by atoms with Crippen molar-refractivity contribution < 1.29 is 4.39 Å². The molecule has 0 heterocycles. The lowest BCUT2D eigenvalue weighted by Gasteiger charge is -2.29. The van der Waals surface area contributed by atoms with Crippen molar-refractivity contribution in [3.8, 4) is 0 Å². The van der Waals surface area contributed by atoms with E-state index in [1.54, 1.807) is 12.1 Å². The van der Waals surface area contributed by atoms with Crippen LogP contribution >= 0.6 is 0 Å². The fraction of sp³-hybridized carbons (Fsp3) is 0.188. The summed E-state index contributed by atoms with van der Waals surface area (Å²) in [7, 11) is 0. The lowest BCUT2D eigenvalue weighted by molar-refractivity contribution is 0.625. The highest BCUT2D eigenvalue weighted by Gasteiger charge is 2.26. The van der Waals surface area contributed by atoms with Crippen molar-refractivity contribution in [1.29, 1.82) is 0 Å². The highest BCUT2D eigenvalue weighted by molar-refractivity contribution is 5.72. The number of rotatable bonds is 2. The second-order valence-electron chi connectivity index (χ2n) is 9.51. The summed E-state index contributed by atoms with van der Waals surface area (Å²) < 4.78 is 14.3. The van der Waals surface area contributed by atoms with Crippen molar-refractivity contribution in [2.24, 2.45) is 5.92 Å². The van der Waals surface area contributed by atoms with E-state index < -0.39 is 0 Å². The van der Waals surface area contributed by atoms with Gasteiger partial charge in [0.05, 0.1) is 0 Å². The second-order valence-corrected chi connectivity index (χ2v) is 9.51. The molecule has 4 aromatic carbocycles. The Labute approximate surface area is 194 Å². The van der Waals surface area contributed by atoms with E-state index in [0.717, 1.165) is 23.3 Å². The van der Waals surface area contributed by atoms with E-state index in [-0.39, 0.29) is 11.7 Å². The molecule has 4 aromatic rings. The maximum atomic E-state index is 14.3. The van der Waals surface area contributed by atoms with E-state index in [2.05, 4.69) is 86.7 Å². The van der Waals surface area contributed by atoms with Gasteiger partial charge in [-0.05, 0) is 92.1 Å². The van der Waals surface area contributed by atoms with E-state index in [9.17, 15) is 4.39 Å². The van der Waals surface area contributed by atoms with Gasteiger partial charge in [-0.2, -0.15) is 0 Å². The normalized spacial score (nSPS) is 18.7. The molecule has 162 valence electrons. The van der Waals surface area contributed by atoms with Gasteiger partial charge < -0.3 is 0 Å². The van der Waals surface area contributed by atoms with Crippen LogP contribution in [-0.2, 0) is 6.42 Å². The molecule has 0 aromatic heterocycles. The third-order valence-electron chi connectivity index (χ3n) is 7.52. The van der Waals surface area contributed by atoms with Crippen molar-refractivity contribution in [1.82, 2.24) is 0 Å². The van der Waals surface area contributed by atoms with E-state index >= 15 is 0 Å². The standard InChI is InChI=1S/C32H27F/c1-20-8-6-7-11-25(20)31-21(2)12-15-27-26(31)16-17-28-29-19-24(33)14-13-23(29)18-30(32(27)28)22-9-4-3-5-10-22/h3-11,13-14,16-19,21,30H,12,15H2,1-2H3. The molecule has 1 heteroatoms. The van der Waals surface area contributed by atoms with Gasteiger partial charge in [-0.15, -0.1) is 0 Å².